The number of para-hydroxylation sites is 1. The molecule has 8 nitrogen and oxygen atoms in total. The van der Waals surface area contributed by atoms with Crippen molar-refractivity contribution in [1.29, 1.82) is 0 Å². The Balaban J connectivity index is 1.39. The van der Waals surface area contributed by atoms with Crippen LogP contribution in [0.3, 0.4) is 0 Å². The van der Waals surface area contributed by atoms with Crippen molar-refractivity contribution in [2.24, 2.45) is 10.4 Å². The molecule has 9 heteroatoms. The second-order valence-corrected chi connectivity index (χ2v) is 16.7. The topological polar surface area (TPSA) is 88.5 Å². The largest absolute Gasteiger partial charge is 0.488 e. The lowest BCUT2D eigenvalue weighted by Gasteiger charge is -2.32. The molecule has 49 heavy (non-hydrogen) atoms. The van der Waals surface area contributed by atoms with Crippen LogP contribution in [0.15, 0.2) is 64.5 Å². The highest BCUT2D eigenvalue weighted by Gasteiger charge is 2.42. The summed E-state index contributed by atoms with van der Waals surface area (Å²) >= 11 is 0. The number of aliphatic imine (C=N–C) groups is 1. The molecular formula is C40H49N3O5S. The van der Waals surface area contributed by atoms with Crippen molar-refractivity contribution in [3.05, 3.63) is 82.4 Å². The standard InChI is InChI=1S/C40H49N3O5S/c1-5-47-38(44)25-32-29-14-13-28-15-17-34(33(28)24-29)43-26-30(48-36-11-6-7-12-37(36)49(43,45)46)10-8-19-40(3,4)20-23-42-22-9-21-41-39-27(2)31(32)16-18-35(39)42/h6-7,11-14,16,18,21,24,30,32,34H,5,8-10,15,17,19-20,22-23,25-26H2,1-4H3. The second-order valence-electron chi connectivity index (χ2n) is 14.9. The van der Waals surface area contributed by atoms with Crippen LogP contribution in [0.2, 0.25) is 0 Å². The van der Waals surface area contributed by atoms with E-state index in [9.17, 15) is 13.2 Å². The highest BCUT2D eigenvalue weighted by atomic mass is 32.2. The van der Waals surface area contributed by atoms with Crippen LogP contribution in [0.1, 0.15) is 105 Å². The van der Waals surface area contributed by atoms with Crippen LogP contribution in [0.5, 0.6) is 5.75 Å². The monoisotopic (exact) mass is 683 g/mol. The molecular weight excluding hydrogens is 635 g/mol. The predicted molar refractivity (Wildman–Crippen MR) is 194 cm³/mol. The summed E-state index contributed by atoms with van der Waals surface area (Å²) in [6.07, 6.45) is 8.07. The fourth-order valence-corrected chi connectivity index (χ4v) is 10.1. The fourth-order valence-electron chi connectivity index (χ4n) is 8.35. The van der Waals surface area contributed by atoms with E-state index in [1.54, 1.807) is 22.5 Å². The minimum Gasteiger partial charge on any atom is -0.488 e. The van der Waals surface area contributed by atoms with Crippen molar-refractivity contribution in [1.82, 2.24) is 4.31 Å². The van der Waals surface area contributed by atoms with E-state index in [1.165, 1.54) is 0 Å². The van der Waals surface area contributed by atoms with Crippen molar-refractivity contribution < 1.29 is 22.7 Å². The molecule has 0 fully saturated rings. The van der Waals surface area contributed by atoms with E-state index in [-0.39, 0.29) is 40.8 Å². The number of fused-ring (bicyclic) bond motifs is 7. The van der Waals surface area contributed by atoms with Gasteiger partial charge in [-0.3, -0.25) is 9.79 Å². The molecule has 5 aliphatic rings. The molecule has 0 N–H and O–H groups in total. The summed E-state index contributed by atoms with van der Waals surface area (Å²) in [6, 6.07) is 17.5. The molecule has 8 rings (SSSR count). The third-order valence-corrected chi connectivity index (χ3v) is 13.0. The van der Waals surface area contributed by atoms with E-state index in [0.29, 0.717) is 25.3 Å². The average molecular weight is 684 g/mol. The van der Waals surface area contributed by atoms with Gasteiger partial charge >= 0.3 is 5.97 Å². The molecule has 1 aliphatic carbocycles. The maximum atomic E-state index is 14.5. The Morgan fingerprint density at radius 1 is 1.04 bits per heavy atom. The number of sulfonamides is 1. The number of hydrogen-bond acceptors (Lipinski definition) is 7. The number of ether oxygens (including phenoxy) is 2. The minimum absolute atomic E-state index is 0.0872. The molecule has 4 aliphatic heterocycles. The lowest BCUT2D eigenvalue weighted by molar-refractivity contribution is -0.143. The summed E-state index contributed by atoms with van der Waals surface area (Å²) in [6.45, 7) is 11.1. The van der Waals surface area contributed by atoms with Crippen LogP contribution < -0.4 is 9.64 Å². The molecule has 4 heterocycles. The Morgan fingerprint density at radius 3 is 2.71 bits per heavy atom. The average Bonchev–Trinajstić information content (AvgIpc) is 3.30. The summed E-state index contributed by atoms with van der Waals surface area (Å²) in [4.78, 5) is 20.9. The molecule has 0 saturated carbocycles. The Morgan fingerprint density at radius 2 is 1.88 bits per heavy atom. The molecule has 0 amide bonds. The van der Waals surface area contributed by atoms with Crippen LogP contribution in [0.4, 0.5) is 11.4 Å². The van der Waals surface area contributed by atoms with Gasteiger partial charge in [-0.15, -0.1) is 0 Å². The first-order valence-electron chi connectivity index (χ1n) is 18.0. The summed E-state index contributed by atoms with van der Waals surface area (Å²) in [5.41, 5.74) is 7.46. The molecule has 3 aromatic rings. The van der Waals surface area contributed by atoms with Crippen molar-refractivity contribution in [2.45, 2.75) is 102 Å². The molecule has 0 saturated heterocycles. The Kier molecular flexibility index (Phi) is 9.35. The van der Waals surface area contributed by atoms with Gasteiger partial charge in [-0.1, -0.05) is 50.2 Å². The van der Waals surface area contributed by atoms with Gasteiger partial charge in [-0.2, -0.15) is 4.31 Å². The maximum absolute atomic E-state index is 14.5. The van der Waals surface area contributed by atoms with E-state index in [4.69, 9.17) is 14.5 Å². The molecule has 0 aromatic heterocycles. The van der Waals surface area contributed by atoms with Crippen molar-refractivity contribution >= 4 is 33.6 Å². The van der Waals surface area contributed by atoms with Crippen LogP contribution in [0, 0.1) is 12.3 Å². The number of carbonyl (C=O) groups is 1. The normalized spacial score (nSPS) is 25.5. The predicted octanol–water partition coefficient (Wildman–Crippen LogP) is 8.03. The number of nitrogens with zero attached hydrogens (tertiary/aromatic N) is 3. The summed E-state index contributed by atoms with van der Waals surface area (Å²) < 4.78 is 42.8. The van der Waals surface area contributed by atoms with Gasteiger partial charge in [0.25, 0.3) is 0 Å². The van der Waals surface area contributed by atoms with Gasteiger partial charge in [0.15, 0.2) is 0 Å². The van der Waals surface area contributed by atoms with E-state index in [2.05, 4.69) is 56.0 Å². The van der Waals surface area contributed by atoms with Crippen LogP contribution in [-0.2, 0) is 26.0 Å². The first-order chi connectivity index (χ1) is 23.6. The Bertz CT molecular complexity index is 1870. The highest BCUT2D eigenvalue weighted by molar-refractivity contribution is 7.89. The van der Waals surface area contributed by atoms with E-state index >= 15 is 0 Å². The Hall–Kier alpha value is -3.69. The van der Waals surface area contributed by atoms with Gasteiger partial charge in [0.1, 0.15) is 16.7 Å². The van der Waals surface area contributed by atoms with Gasteiger partial charge in [-0.25, -0.2) is 8.42 Å². The molecule has 3 aromatic carbocycles. The summed E-state index contributed by atoms with van der Waals surface area (Å²) in [7, 11) is -3.85. The molecule has 4 atom stereocenters. The van der Waals surface area contributed by atoms with Gasteiger partial charge in [0, 0.05) is 31.6 Å². The molecule has 8 bridgehead atoms. The second kappa shape index (κ2) is 13.6. The maximum Gasteiger partial charge on any atom is 0.306 e. The zero-order valence-corrected chi connectivity index (χ0v) is 30.1. The summed E-state index contributed by atoms with van der Waals surface area (Å²) in [5.74, 6) is -0.0896. The quantitative estimate of drug-likeness (QED) is 0.260. The number of rotatable bonds is 3. The molecule has 4 unspecified atom stereocenters. The van der Waals surface area contributed by atoms with Crippen molar-refractivity contribution in [3.8, 4) is 5.75 Å². The van der Waals surface area contributed by atoms with Crippen LogP contribution in [0.25, 0.3) is 0 Å². The first kappa shape index (κ1) is 33.8. The SMILES string of the molecule is CCOC(=O)CC1c2ccc3c(c2)C(CC3)N2CC(CCCC(C)(C)CCN3CCC=Nc4c3ccc1c4C)Oc1ccccc1S2(=O)=O. The van der Waals surface area contributed by atoms with Gasteiger partial charge < -0.3 is 14.4 Å². The van der Waals surface area contributed by atoms with Crippen LogP contribution >= 0.6 is 0 Å². The summed E-state index contributed by atoms with van der Waals surface area (Å²) in [5, 5.41) is 0. The molecule has 0 radical (unpaired) electrons. The van der Waals surface area contributed by atoms with Crippen molar-refractivity contribution in [3.63, 3.8) is 0 Å². The van der Waals surface area contributed by atoms with Gasteiger partial charge in [0.05, 0.1) is 37.0 Å². The first-order valence-corrected chi connectivity index (χ1v) is 19.5. The van der Waals surface area contributed by atoms with E-state index < -0.39 is 10.0 Å². The number of esters is 1. The number of hydrogen-bond donors (Lipinski definition) is 0. The van der Waals surface area contributed by atoms with E-state index in [0.717, 1.165) is 90.8 Å². The minimum atomic E-state index is -3.85. The fraction of sp³-hybridized carbons (Fsp3) is 0.500. The van der Waals surface area contributed by atoms with Crippen molar-refractivity contribution in [2.75, 3.05) is 31.1 Å². The van der Waals surface area contributed by atoms with Gasteiger partial charge in [-0.05, 0) is 104 Å². The molecule has 260 valence electrons. The highest BCUT2D eigenvalue weighted by Crippen LogP contribution is 2.46. The van der Waals surface area contributed by atoms with Gasteiger partial charge in [0.2, 0.25) is 10.0 Å². The lowest BCUT2D eigenvalue weighted by atomic mass is 9.83. The van der Waals surface area contributed by atoms with Crippen LogP contribution in [-0.4, -0.2) is 57.3 Å². The third kappa shape index (κ3) is 6.64. The number of carbonyl (C=O) groups excluding carboxylic acids is 1. The van der Waals surface area contributed by atoms with E-state index in [1.807, 2.05) is 19.2 Å². The number of anilines is 1. The smallest absolute Gasteiger partial charge is 0.306 e. The lowest BCUT2D eigenvalue weighted by Crippen LogP contribution is -2.39. The number of aryl methyl sites for hydroxylation is 1. The zero-order valence-electron chi connectivity index (χ0n) is 29.3. The third-order valence-electron chi connectivity index (χ3n) is 11.1. The number of benzene rings is 3. The zero-order chi connectivity index (χ0) is 34.3. The molecule has 0 spiro atoms. The Labute approximate surface area is 291 Å².